The molecule has 1 heterocycles. The van der Waals surface area contributed by atoms with Crippen LogP contribution in [0.2, 0.25) is 0 Å². The topological polar surface area (TPSA) is 82.8 Å². The second-order valence-electron chi connectivity index (χ2n) is 7.88. The van der Waals surface area contributed by atoms with Crippen LogP contribution >= 0.6 is 0 Å². The van der Waals surface area contributed by atoms with Crippen LogP contribution in [-0.2, 0) is 9.53 Å². The molecule has 1 unspecified atom stereocenters. The Morgan fingerprint density at radius 3 is 2.57 bits per heavy atom. The van der Waals surface area contributed by atoms with E-state index in [-0.39, 0.29) is 12.6 Å². The Morgan fingerprint density at radius 1 is 1.27 bits per heavy atom. The molecule has 0 radical (unpaired) electrons. The van der Waals surface area contributed by atoms with E-state index in [1.807, 2.05) is 56.0 Å². The smallest absolute Gasteiger partial charge is 0.328 e. The minimum Gasteiger partial charge on any atom is -0.485 e. The Hall–Kier alpha value is -3.04. The molecule has 158 valence electrons. The summed E-state index contributed by atoms with van der Waals surface area (Å²) in [7, 11) is 0. The molecule has 0 amide bonds. The van der Waals surface area contributed by atoms with Crippen molar-refractivity contribution in [2.75, 3.05) is 11.5 Å². The molecule has 3 rings (SSSR count). The van der Waals surface area contributed by atoms with Crippen LogP contribution in [0, 0.1) is 11.3 Å². The number of carbonyl (C=O) groups is 1. The van der Waals surface area contributed by atoms with E-state index >= 15 is 0 Å². The standard InChI is InChI=1S/C24H28N2O4/c1-5-19(23(28)29-6-2)26(17-10-8-7-9-11-17)21-18-14-16(15-25)12-13-20(18)30-24(3,4)22(21)27/h7-14,19,21-22,27H,5-6H2,1-4H3/t19?,21-,22+/m0/s1. The molecule has 6 nitrogen and oxygen atoms in total. The number of rotatable bonds is 6. The highest BCUT2D eigenvalue weighted by atomic mass is 16.5. The lowest BCUT2D eigenvalue weighted by molar-refractivity contribution is -0.145. The van der Waals surface area contributed by atoms with Crippen LogP contribution in [0.15, 0.2) is 48.5 Å². The van der Waals surface area contributed by atoms with Crippen molar-refractivity contribution >= 4 is 11.7 Å². The number of nitrogens with zero attached hydrogens (tertiary/aromatic N) is 2. The Bertz CT molecular complexity index is 936. The maximum atomic E-state index is 12.9. The van der Waals surface area contributed by atoms with Crippen LogP contribution in [0.4, 0.5) is 5.69 Å². The second-order valence-corrected chi connectivity index (χ2v) is 7.88. The minimum atomic E-state index is -0.956. The van der Waals surface area contributed by atoms with Crippen molar-refractivity contribution in [3.63, 3.8) is 0 Å². The molecule has 0 aromatic heterocycles. The Labute approximate surface area is 177 Å². The van der Waals surface area contributed by atoms with Gasteiger partial charge in [0.05, 0.1) is 24.3 Å². The van der Waals surface area contributed by atoms with Crippen molar-refractivity contribution in [3.8, 4) is 11.8 Å². The average molecular weight is 408 g/mol. The highest BCUT2D eigenvalue weighted by Crippen LogP contribution is 2.45. The zero-order valence-electron chi connectivity index (χ0n) is 17.8. The lowest BCUT2D eigenvalue weighted by Crippen LogP contribution is -2.57. The molecule has 0 aliphatic carbocycles. The van der Waals surface area contributed by atoms with Crippen LogP contribution in [-0.4, -0.2) is 35.4 Å². The number of aliphatic hydroxyl groups excluding tert-OH is 1. The number of aliphatic hydroxyl groups is 1. The molecule has 2 aromatic rings. The summed E-state index contributed by atoms with van der Waals surface area (Å²) in [6, 6.07) is 15.6. The van der Waals surface area contributed by atoms with Gasteiger partial charge in [-0.3, -0.25) is 0 Å². The number of benzene rings is 2. The number of para-hydroxylation sites is 1. The van der Waals surface area contributed by atoms with Gasteiger partial charge in [-0.2, -0.15) is 5.26 Å². The normalized spacial score (nSPS) is 20.3. The Morgan fingerprint density at radius 2 is 1.97 bits per heavy atom. The van der Waals surface area contributed by atoms with Gasteiger partial charge in [0, 0.05) is 11.3 Å². The van der Waals surface area contributed by atoms with Gasteiger partial charge in [-0.15, -0.1) is 0 Å². The SMILES string of the molecule is CCOC(=O)C(CC)N(c1ccccc1)[C@H]1c2cc(C#N)ccc2OC(C)(C)[C@@H]1O. The van der Waals surface area contributed by atoms with E-state index in [2.05, 4.69) is 6.07 Å². The van der Waals surface area contributed by atoms with E-state index in [0.717, 1.165) is 5.69 Å². The summed E-state index contributed by atoms with van der Waals surface area (Å²) in [5.74, 6) is 0.243. The molecular formula is C24H28N2O4. The number of carbonyl (C=O) groups excluding carboxylic acids is 1. The second kappa shape index (κ2) is 8.76. The van der Waals surface area contributed by atoms with Crippen molar-refractivity contribution in [3.05, 3.63) is 59.7 Å². The number of anilines is 1. The van der Waals surface area contributed by atoms with Crippen molar-refractivity contribution in [1.29, 1.82) is 5.26 Å². The molecule has 0 spiro atoms. The van der Waals surface area contributed by atoms with Crippen LogP contribution in [0.1, 0.15) is 51.3 Å². The highest BCUT2D eigenvalue weighted by Gasteiger charge is 2.48. The number of hydrogen-bond acceptors (Lipinski definition) is 6. The van der Waals surface area contributed by atoms with Crippen molar-refractivity contribution in [2.24, 2.45) is 0 Å². The fraction of sp³-hybridized carbons (Fsp3) is 0.417. The van der Waals surface area contributed by atoms with Gasteiger partial charge in [-0.25, -0.2) is 4.79 Å². The summed E-state index contributed by atoms with van der Waals surface area (Å²) in [6.07, 6.45) is -0.464. The fourth-order valence-corrected chi connectivity index (χ4v) is 3.99. The quantitative estimate of drug-likeness (QED) is 0.728. The number of hydrogen-bond donors (Lipinski definition) is 1. The van der Waals surface area contributed by atoms with E-state index in [0.29, 0.717) is 23.3 Å². The number of esters is 1. The van der Waals surface area contributed by atoms with Gasteiger partial charge in [-0.1, -0.05) is 25.1 Å². The van der Waals surface area contributed by atoms with Crippen molar-refractivity contribution in [2.45, 2.75) is 57.9 Å². The lowest BCUT2D eigenvalue weighted by Gasteiger charge is -2.48. The predicted octanol–water partition coefficient (Wildman–Crippen LogP) is 3.98. The van der Waals surface area contributed by atoms with E-state index in [9.17, 15) is 15.2 Å². The first-order valence-corrected chi connectivity index (χ1v) is 10.2. The van der Waals surface area contributed by atoms with E-state index in [4.69, 9.17) is 9.47 Å². The van der Waals surface area contributed by atoms with Crippen molar-refractivity contribution < 1.29 is 19.4 Å². The zero-order valence-corrected chi connectivity index (χ0v) is 17.8. The molecule has 0 fully saturated rings. The minimum absolute atomic E-state index is 0.273. The van der Waals surface area contributed by atoms with Gasteiger partial charge in [0.2, 0.25) is 0 Å². The zero-order chi connectivity index (χ0) is 21.9. The number of fused-ring (bicyclic) bond motifs is 1. The third kappa shape index (κ3) is 3.99. The van der Waals surface area contributed by atoms with Gasteiger partial charge < -0.3 is 19.5 Å². The van der Waals surface area contributed by atoms with E-state index in [1.165, 1.54) is 0 Å². The van der Waals surface area contributed by atoms with Gasteiger partial charge in [0.25, 0.3) is 0 Å². The van der Waals surface area contributed by atoms with Gasteiger partial charge >= 0.3 is 5.97 Å². The first kappa shape index (κ1) is 21.7. The van der Waals surface area contributed by atoms with Gasteiger partial charge in [0.1, 0.15) is 23.5 Å². The number of ether oxygens (including phenoxy) is 2. The summed E-state index contributed by atoms with van der Waals surface area (Å²) in [5.41, 5.74) is 1.03. The average Bonchev–Trinajstić information content (AvgIpc) is 2.74. The Balaban J connectivity index is 2.23. The summed E-state index contributed by atoms with van der Waals surface area (Å²) < 4.78 is 11.4. The van der Waals surface area contributed by atoms with Gasteiger partial charge in [-0.05, 0) is 57.5 Å². The molecule has 0 saturated carbocycles. The van der Waals surface area contributed by atoms with Crippen molar-refractivity contribution in [1.82, 2.24) is 0 Å². The third-order valence-corrected chi connectivity index (χ3v) is 5.48. The summed E-state index contributed by atoms with van der Waals surface area (Å²) >= 11 is 0. The van der Waals surface area contributed by atoms with Crippen LogP contribution < -0.4 is 9.64 Å². The summed E-state index contributed by atoms with van der Waals surface area (Å²) in [5, 5.41) is 20.8. The first-order chi connectivity index (χ1) is 14.3. The molecule has 1 aliphatic heterocycles. The van der Waals surface area contributed by atoms with E-state index in [1.54, 1.807) is 25.1 Å². The number of nitriles is 1. The Kier molecular flexibility index (Phi) is 6.33. The van der Waals surface area contributed by atoms with Crippen LogP contribution in [0.25, 0.3) is 0 Å². The molecule has 0 bridgehead atoms. The molecular weight excluding hydrogens is 380 g/mol. The monoisotopic (exact) mass is 408 g/mol. The summed E-state index contributed by atoms with van der Waals surface area (Å²) in [6.45, 7) is 7.61. The maximum absolute atomic E-state index is 12.9. The third-order valence-electron chi connectivity index (χ3n) is 5.48. The summed E-state index contributed by atoms with van der Waals surface area (Å²) in [4.78, 5) is 14.8. The van der Waals surface area contributed by atoms with Gasteiger partial charge in [0.15, 0.2) is 0 Å². The van der Waals surface area contributed by atoms with E-state index < -0.39 is 23.8 Å². The molecule has 1 N–H and O–H groups in total. The van der Waals surface area contributed by atoms with Crippen LogP contribution in [0.3, 0.4) is 0 Å². The molecule has 30 heavy (non-hydrogen) atoms. The molecule has 1 aliphatic rings. The first-order valence-electron chi connectivity index (χ1n) is 10.2. The molecule has 0 saturated heterocycles. The molecule has 3 atom stereocenters. The fourth-order valence-electron chi connectivity index (χ4n) is 3.99. The molecule has 6 heteroatoms. The maximum Gasteiger partial charge on any atom is 0.328 e. The highest BCUT2D eigenvalue weighted by molar-refractivity contribution is 5.80. The van der Waals surface area contributed by atoms with Crippen LogP contribution in [0.5, 0.6) is 5.75 Å². The molecule has 2 aromatic carbocycles. The predicted molar refractivity (Wildman–Crippen MR) is 114 cm³/mol. The lowest BCUT2D eigenvalue weighted by atomic mass is 9.83. The largest absolute Gasteiger partial charge is 0.485 e.